The summed E-state index contributed by atoms with van der Waals surface area (Å²) in [6, 6.07) is 20.3. The van der Waals surface area contributed by atoms with Crippen molar-refractivity contribution in [1.29, 1.82) is 0 Å². The number of nitrogens with one attached hydrogen (secondary N) is 1. The Balaban J connectivity index is 1.72. The van der Waals surface area contributed by atoms with E-state index in [4.69, 9.17) is 5.73 Å². The zero-order valence-corrected chi connectivity index (χ0v) is 14.3. The average Bonchev–Trinajstić information content (AvgIpc) is 3.12. The molecule has 0 unspecified atom stereocenters. The Kier molecular flexibility index (Phi) is 3.40. The Bertz CT molecular complexity index is 1270. The van der Waals surface area contributed by atoms with Gasteiger partial charge in [-0.1, -0.05) is 36.4 Å². The van der Waals surface area contributed by atoms with E-state index in [1.165, 1.54) is 12.1 Å². The summed E-state index contributed by atoms with van der Waals surface area (Å²) in [5, 5.41) is 1.76. The van der Waals surface area contributed by atoms with Crippen LogP contribution in [0.3, 0.4) is 0 Å². The van der Waals surface area contributed by atoms with Crippen LogP contribution in [0.5, 0.6) is 0 Å². The third-order valence-corrected chi connectivity index (χ3v) is 4.72. The van der Waals surface area contributed by atoms with Gasteiger partial charge in [0.25, 0.3) is 0 Å². The molecule has 0 radical (unpaired) electrons. The van der Waals surface area contributed by atoms with Crippen LogP contribution in [0.25, 0.3) is 44.3 Å². The number of H-pyrrole nitrogens is 1. The first-order chi connectivity index (χ1) is 13.2. The maximum Gasteiger partial charge on any atom is 0.140 e. The smallest absolute Gasteiger partial charge is 0.140 e. The van der Waals surface area contributed by atoms with Gasteiger partial charge in [0.15, 0.2) is 0 Å². The lowest BCUT2D eigenvalue weighted by Crippen LogP contribution is -1.95. The Hall–Kier alpha value is -3.73. The van der Waals surface area contributed by atoms with Gasteiger partial charge < -0.3 is 10.7 Å². The highest BCUT2D eigenvalue weighted by Gasteiger charge is 2.12. The average molecular weight is 354 g/mol. The molecule has 3 N–H and O–H groups in total. The van der Waals surface area contributed by atoms with Crippen LogP contribution in [0.1, 0.15) is 0 Å². The van der Waals surface area contributed by atoms with E-state index in [9.17, 15) is 4.39 Å². The van der Waals surface area contributed by atoms with Crippen molar-refractivity contribution in [2.45, 2.75) is 0 Å². The van der Waals surface area contributed by atoms with Gasteiger partial charge in [-0.05, 0) is 46.8 Å². The van der Waals surface area contributed by atoms with Crippen molar-refractivity contribution in [3.63, 3.8) is 0 Å². The van der Waals surface area contributed by atoms with Gasteiger partial charge in [0.1, 0.15) is 17.5 Å². The minimum atomic E-state index is -0.269. The summed E-state index contributed by atoms with van der Waals surface area (Å²) in [5.74, 6) is 0.907. The fourth-order valence-electron chi connectivity index (χ4n) is 3.38. The van der Waals surface area contributed by atoms with Crippen molar-refractivity contribution >= 4 is 27.6 Å². The van der Waals surface area contributed by atoms with Crippen LogP contribution >= 0.6 is 0 Å². The summed E-state index contributed by atoms with van der Waals surface area (Å²) in [6.45, 7) is 0. The maximum absolute atomic E-state index is 13.6. The Labute approximate surface area is 154 Å². The van der Waals surface area contributed by atoms with Crippen molar-refractivity contribution in [2.24, 2.45) is 0 Å². The van der Waals surface area contributed by atoms with E-state index in [1.54, 1.807) is 12.3 Å². The molecule has 0 fully saturated rings. The molecular formula is C22H15FN4. The van der Waals surface area contributed by atoms with Gasteiger partial charge in [-0.3, -0.25) is 0 Å². The Morgan fingerprint density at radius 3 is 2.56 bits per heavy atom. The predicted molar refractivity (Wildman–Crippen MR) is 107 cm³/mol. The maximum atomic E-state index is 13.6. The normalized spacial score (nSPS) is 11.3. The molecule has 0 aliphatic rings. The second kappa shape index (κ2) is 5.92. The minimum Gasteiger partial charge on any atom is -0.383 e. The lowest BCUT2D eigenvalue weighted by molar-refractivity contribution is 0.628. The highest BCUT2D eigenvalue weighted by atomic mass is 19.1. The monoisotopic (exact) mass is 354 g/mol. The Morgan fingerprint density at radius 2 is 1.70 bits per heavy atom. The van der Waals surface area contributed by atoms with E-state index >= 15 is 0 Å². The quantitative estimate of drug-likeness (QED) is 0.460. The number of benzene rings is 3. The number of pyridine rings is 1. The highest BCUT2D eigenvalue weighted by Crippen LogP contribution is 2.33. The van der Waals surface area contributed by atoms with Crippen molar-refractivity contribution < 1.29 is 4.39 Å². The van der Waals surface area contributed by atoms with E-state index < -0.39 is 0 Å². The first-order valence-corrected chi connectivity index (χ1v) is 8.58. The van der Waals surface area contributed by atoms with Crippen molar-refractivity contribution in [3.05, 3.63) is 78.7 Å². The van der Waals surface area contributed by atoms with Crippen LogP contribution in [0.4, 0.5) is 10.2 Å². The van der Waals surface area contributed by atoms with Crippen LogP contribution in [0.15, 0.2) is 72.9 Å². The van der Waals surface area contributed by atoms with Gasteiger partial charge >= 0.3 is 0 Å². The number of aromatic nitrogens is 3. The molecule has 0 aliphatic heterocycles. The van der Waals surface area contributed by atoms with Crippen LogP contribution in [-0.4, -0.2) is 15.0 Å². The number of aromatic amines is 1. The number of imidazole rings is 1. The second-order valence-electron chi connectivity index (χ2n) is 6.43. The summed E-state index contributed by atoms with van der Waals surface area (Å²) < 4.78 is 13.6. The van der Waals surface area contributed by atoms with Gasteiger partial charge in [0.05, 0.1) is 11.0 Å². The molecule has 0 aliphatic carbocycles. The lowest BCUT2D eigenvalue weighted by atomic mass is 9.99. The molecule has 5 aromatic rings. The SMILES string of the molecule is Nc1ncc(-c2nc3ccccc3[nH]2)c2ccc(-c3cccc(F)c3)cc12. The van der Waals surface area contributed by atoms with Crippen LogP contribution in [0.2, 0.25) is 0 Å². The first-order valence-electron chi connectivity index (χ1n) is 8.58. The summed E-state index contributed by atoms with van der Waals surface area (Å²) in [6.07, 6.45) is 1.73. The molecule has 0 saturated carbocycles. The minimum absolute atomic E-state index is 0.269. The summed E-state index contributed by atoms with van der Waals surface area (Å²) in [5.41, 5.74) is 10.6. The second-order valence-corrected chi connectivity index (χ2v) is 6.43. The number of nitrogens with two attached hydrogens (primary N) is 1. The largest absolute Gasteiger partial charge is 0.383 e. The number of nitrogens with zero attached hydrogens (tertiary/aromatic N) is 2. The molecular weight excluding hydrogens is 339 g/mol. The van der Waals surface area contributed by atoms with Crippen molar-refractivity contribution in [3.8, 4) is 22.5 Å². The predicted octanol–water partition coefficient (Wildman–Crippen LogP) is 5.17. The van der Waals surface area contributed by atoms with Crippen molar-refractivity contribution in [2.75, 3.05) is 5.73 Å². The van der Waals surface area contributed by atoms with E-state index in [-0.39, 0.29) is 5.82 Å². The number of hydrogen-bond donors (Lipinski definition) is 2. The zero-order valence-electron chi connectivity index (χ0n) is 14.3. The standard InChI is InChI=1S/C22H15FN4/c23-15-5-3-4-13(10-15)14-8-9-16-17(11-14)21(24)25-12-18(16)22-26-19-6-1-2-7-20(19)27-22/h1-12H,(H2,24,25)(H,26,27). The number of fused-ring (bicyclic) bond motifs is 2. The number of rotatable bonds is 2. The lowest BCUT2D eigenvalue weighted by Gasteiger charge is -2.09. The molecule has 2 heterocycles. The number of anilines is 1. The molecule has 2 aromatic heterocycles. The van der Waals surface area contributed by atoms with Gasteiger partial charge in [-0.15, -0.1) is 0 Å². The molecule has 0 saturated heterocycles. The zero-order chi connectivity index (χ0) is 18.4. The fraction of sp³-hybridized carbons (Fsp3) is 0. The molecule has 3 aromatic carbocycles. The first kappa shape index (κ1) is 15.5. The molecule has 0 amide bonds. The molecule has 0 spiro atoms. The number of nitrogen functional groups attached to an aromatic ring is 1. The summed E-state index contributed by atoms with van der Waals surface area (Å²) in [7, 11) is 0. The number of halogens is 1. The molecule has 5 heteroatoms. The van der Waals surface area contributed by atoms with Crippen LogP contribution in [0, 0.1) is 5.82 Å². The third kappa shape index (κ3) is 2.60. The third-order valence-electron chi connectivity index (χ3n) is 4.72. The van der Waals surface area contributed by atoms with Crippen molar-refractivity contribution in [1.82, 2.24) is 15.0 Å². The summed E-state index contributed by atoms with van der Waals surface area (Å²) >= 11 is 0. The molecule has 5 rings (SSSR count). The Morgan fingerprint density at radius 1 is 0.852 bits per heavy atom. The van der Waals surface area contributed by atoms with E-state index in [0.717, 1.165) is 44.3 Å². The van der Waals surface area contributed by atoms with Gasteiger partial charge in [0.2, 0.25) is 0 Å². The molecule has 0 bridgehead atoms. The highest BCUT2D eigenvalue weighted by molar-refractivity contribution is 6.02. The number of para-hydroxylation sites is 2. The topological polar surface area (TPSA) is 67.6 Å². The van der Waals surface area contributed by atoms with E-state index in [0.29, 0.717) is 5.82 Å². The van der Waals surface area contributed by atoms with Gasteiger partial charge in [-0.25, -0.2) is 14.4 Å². The molecule has 0 atom stereocenters. The van der Waals surface area contributed by atoms with Gasteiger partial charge in [-0.2, -0.15) is 0 Å². The van der Waals surface area contributed by atoms with Gasteiger partial charge in [0, 0.05) is 17.1 Å². The molecule has 130 valence electrons. The van der Waals surface area contributed by atoms with E-state index in [1.807, 2.05) is 48.5 Å². The van der Waals surface area contributed by atoms with E-state index in [2.05, 4.69) is 15.0 Å². The fourth-order valence-corrected chi connectivity index (χ4v) is 3.38. The number of hydrogen-bond acceptors (Lipinski definition) is 3. The molecule has 4 nitrogen and oxygen atoms in total. The van der Waals surface area contributed by atoms with Crippen LogP contribution in [-0.2, 0) is 0 Å². The molecule has 27 heavy (non-hydrogen) atoms. The summed E-state index contributed by atoms with van der Waals surface area (Å²) in [4.78, 5) is 12.4. The van der Waals surface area contributed by atoms with Crippen LogP contribution < -0.4 is 5.73 Å².